The van der Waals surface area contributed by atoms with Crippen LogP contribution in [-0.4, -0.2) is 71.5 Å². The van der Waals surface area contributed by atoms with Crippen molar-refractivity contribution in [2.24, 2.45) is 5.92 Å². The molecule has 0 aliphatic rings. The first-order valence-corrected chi connectivity index (χ1v) is 24.4. The van der Waals surface area contributed by atoms with Crippen LogP contribution in [0.4, 0.5) is 0 Å². The van der Waals surface area contributed by atoms with Crippen molar-refractivity contribution >= 4 is 25.5 Å². The number of ether oxygens (including phenoxy) is 2. The second-order valence-corrected chi connectivity index (χ2v) is 17.4. The van der Waals surface area contributed by atoms with E-state index in [0.29, 0.717) is 6.42 Å². The van der Waals surface area contributed by atoms with Crippen LogP contribution in [0.3, 0.4) is 0 Å². The highest BCUT2D eigenvalue weighted by molar-refractivity contribution is 7.47. The summed E-state index contributed by atoms with van der Waals surface area (Å²) < 4.78 is 32.6. The third kappa shape index (κ3) is 42.1. The van der Waals surface area contributed by atoms with Crippen LogP contribution in [0.5, 0.6) is 0 Å². The molecule has 0 fully saturated rings. The van der Waals surface area contributed by atoms with Gasteiger partial charge < -0.3 is 24.6 Å². The first-order valence-electron chi connectivity index (χ1n) is 22.9. The van der Waals surface area contributed by atoms with Crippen molar-refractivity contribution in [3.05, 3.63) is 48.6 Å². The fraction of sp³-hybridized carbons (Fsp3) is 0.766. The van der Waals surface area contributed by atoms with Gasteiger partial charge in [-0.2, -0.15) is 0 Å². The Morgan fingerprint density at radius 1 is 0.610 bits per heavy atom. The number of hydrogen-bond donors (Lipinski definition) is 3. The van der Waals surface area contributed by atoms with Crippen LogP contribution in [0.15, 0.2) is 48.6 Å². The van der Waals surface area contributed by atoms with E-state index in [9.17, 15) is 28.9 Å². The van der Waals surface area contributed by atoms with Gasteiger partial charge in [0.25, 0.3) is 0 Å². The van der Waals surface area contributed by atoms with Crippen LogP contribution in [0.1, 0.15) is 188 Å². The number of phosphoric acid groups is 1. The molecule has 342 valence electrons. The summed E-state index contributed by atoms with van der Waals surface area (Å²) in [6.07, 6.45) is 39.4. The SMILES string of the molecule is CCCCC/C=C\C/C=C\C/C=C\C=C\C(=O)CCCC(=O)OC[C@H](COP(=O)(O)OC[C@@H](O)CO)OC(=O)CCCCCCCCCCCCCCCCCC(C)C. The Balaban J connectivity index is 4.43. The normalized spacial score (nSPS) is 14.2. The van der Waals surface area contributed by atoms with Gasteiger partial charge in [0.05, 0.1) is 19.8 Å². The lowest BCUT2D eigenvalue weighted by Gasteiger charge is -2.20. The molecule has 0 aromatic carbocycles. The Morgan fingerprint density at radius 3 is 1.75 bits per heavy atom. The molecule has 3 atom stereocenters. The number of esters is 2. The summed E-state index contributed by atoms with van der Waals surface area (Å²) in [6, 6.07) is 0. The number of carbonyl (C=O) groups is 3. The smallest absolute Gasteiger partial charge is 0.462 e. The van der Waals surface area contributed by atoms with Crippen molar-refractivity contribution in [1.29, 1.82) is 0 Å². The molecule has 0 rings (SSSR count). The molecule has 0 bridgehead atoms. The molecule has 0 amide bonds. The molecule has 3 N–H and O–H groups in total. The van der Waals surface area contributed by atoms with Crippen molar-refractivity contribution in [3.63, 3.8) is 0 Å². The van der Waals surface area contributed by atoms with E-state index in [1.165, 1.54) is 102 Å². The van der Waals surface area contributed by atoms with Crippen molar-refractivity contribution in [2.75, 3.05) is 26.4 Å². The van der Waals surface area contributed by atoms with E-state index in [4.69, 9.17) is 19.1 Å². The molecule has 0 aliphatic heterocycles. The molecule has 11 nitrogen and oxygen atoms in total. The Morgan fingerprint density at radius 2 is 1.15 bits per heavy atom. The first kappa shape index (κ1) is 56.6. The highest BCUT2D eigenvalue weighted by Gasteiger charge is 2.27. The maximum Gasteiger partial charge on any atom is 0.472 e. The lowest BCUT2D eigenvalue weighted by atomic mass is 10.0. The number of phosphoric ester groups is 1. The van der Waals surface area contributed by atoms with E-state index in [-0.39, 0.29) is 31.5 Å². The van der Waals surface area contributed by atoms with Gasteiger partial charge >= 0.3 is 19.8 Å². The summed E-state index contributed by atoms with van der Waals surface area (Å²) in [5.74, 6) is -0.487. The molecule has 0 spiro atoms. The second kappa shape index (κ2) is 41.0. The maximum atomic E-state index is 12.6. The second-order valence-electron chi connectivity index (χ2n) is 15.9. The van der Waals surface area contributed by atoms with Gasteiger partial charge in [-0.3, -0.25) is 23.4 Å². The number of rotatable bonds is 42. The van der Waals surface area contributed by atoms with Gasteiger partial charge in [-0.05, 0) is 50.5 Å². The van der Waals surface area contributed by atoms with Crippen molar-refractivity contribution in [3.8, 4) is 0 Å². The monoisotopic (exact) mass is 855 g/mol. The van der Waals surface area contributed by atoms with Crippen LogP contribution >= 0.6 is 7.82 Å². The van der Waals surface area contributed by atoms with Gasteiger partial charge in [-0.25, -0.2) is 4.57 Å². The lowest BCUT2D eigenvalue weighted by molar-refractivity contribution is -0.161. The Bertz CT molecular complexity index is 1200. The van der Waals surface area contributed by atoms with Gasteiger partial charge in [-0.15, -0.1) is 0 Å². The summed E-state index contributed by atoms with van der Waals surface area (Å²) in [5, 5.41) is 18.3. The van der Waals surface area contributed by atoms with Crippen LogP contribution in [0, 0.1) is 5.92 Å². The number of aliphatic hydroxyl groups is 2. The molecule has 0 aromatic heterocycles. The lowest BCUT2D eigenvalue weighted by Crippen LogP contribution is -2.29. The molecular weight excluding hydrogens is 771 g/mol. The topological polar surface area (TPSA) is 166 Å². The zero-order valence-corrected chi connectivity index (χ0v) is 38.0. The molecule has 1 unspecified atom stereocenters. The zero-order chi connectivity index (χ0) is 43.7. The number of allylic oxidation sites excluding steroid dienone is 8. The minimum Gasteiger partial charge on any atom is -0.462 e. The van der Waals surface area contributed by atoms with E-state index < -0.39 is 58.4 Å². The van der Waals surface area contributed by atoms with Gasteiger partial charge in [0.15, 0.2) is 11.9 Å². The Hall–Kier alpha value is -2.40. The fourth-order valence-electron chi connectivity index (χ4n) is 6.07. The Kier molecular flexibility index (Phi) is 39.3. The highest BCUT2D eigenvalue weighted by atomic mass is 31.2. The summed E-state index contributed by atoms with van der Waals surface area (Å²) in [7, 11) is -4.67. The number of aliphatic hydroxyl groups excluding tert-OH is 2. The number of unbranched alkanes of at least 4 members (excludes halogenated alkanes) is 17. The largest absolute Gasteiger partial charge is 0.472 e. The molecule has 0 aromatic rings. The Labute approximate surface area is 358 Å². The minimum absolute atomic E-state index is 0.0474. The molecule has 0 radical (unpaired) electrons. The van der Waals surface area contributed by atoms with Crippen molar-refractivity contribution in [2.45, 2.75) is 200 Å². The van der Waals surface area contributed by atoms with Crippen LogP contribution in [0.2, 0.25) is 0 Å². The first-order chi connectivity index (χ1) is 28.5. The van der Waals surface area contributed by atoms with E-state index >= 15 is 0 Å². The predicted octanol–water partition coefficient (Wildman–Crippen LogP) is 11.5. The predicted molar refractivity (Wildman–Crippen MR) is 238 cm³/mol. The summed E-state index contributed by atoms with van der Waals surface area (Å²) >= 11 is 0. The summed E-state index contributed by atoms with van der Waals surface area (Å²) in [6.45, 7) is 4.42. The molecule has 0 aliphatic carbocycles. The number of ketones is 1. The maximum absolute atomic E-state index is 12.6. The molecular formula is C47H83O11P. The standard InChI is InChI=1S/C47H83O11P/c1-4-5-6-7-8-9-10-14-18-21-24-27-30-34-43(49)35-32-37-46(51)55-40-45(41-57-59(53,54)56-39-44(50)38-48)58-47(52)36-31-28-25-22-19-16-13-11-12-15-17-20-23-26-29-33-42(2)3/h8-9,14,18,24,27,30,34,42,44-45,48,50H,4-7,10-13,15-17,19-23,25-26,28-29,31-33,35-41H2,1-3H3,(H,53,54)/b9-8-,18-14-,27-24-,34-30+/t44-,45+/m0/s1. The molecule has 0 heterocycles. The summed E-state index contributed by atoms with van der Waals surface area (Å²) in [5.41, 5.74) is 0. The van der Waals surface area contributed by atoms with E-state index in [2.05, 4.69) is 49.6 Å². The minimum atomic E-state index is -4.67. The van der Waals surface area contributed by atoms with Gasteiger partial charge in [-0.1, -0.05) is 172 Å². The van der Waals surface area contributed by atoms with E-state index in [0.717, 1.165) is 44.4 Å². The average Bonchev–Trinajstić information content (AvgIpc) is 3.20. The third-order valence-electron chi connectivity index (χ3n) is 9.64. The number of carbonyl (C=O) groups excluding carboxylic acids is 3. The van der Waals surface area contributed by atoms with Crippen LogP contribution in [0.25, 0.3) is 0 Å². The quantitative estimate of drug-likeness (QED) is 0.0134. The number of hydrogen-bond acceptors (Lipinski definition) is 10. The van der Waals surface area contributed by atoms with E-state index in [1.807, 2.05) is 12.2 Å². The summed E-state index contributed by atoms with van der Waals surface area (Å²) in [4.78, 5) is 47.2. The van der Waals surface area contributed by atoms with Gasteiger partial charge in [0.1, 0.15) is 12.7 Å². The van der Waals surface area contributed by atoms with Crippen LogP contribution < -0.4 is 0 Å². The molecule has 59 heavy (non-hydrogen) atoms. The van der Waals surface area contributed by atoms with Gasteiger partial charge in [0.2, 0.25) is 0 Å². The van der Waals surface area contributed by atoms with Crippen molar-refractivity contribution < 1.29 is 52.6 Å². The zero-order valence-electron chi connectivity index (χ0n) is 37.1. The molecule has 0 saturated heterocycles. The van der Waals surface area contributed by atoms with Gasteiger partial charge in [0, 0.05) is 19.3 Å². The average molecular weight is 855 g/mol. The van der Waals surface area contributed by atoms with Crippen molar-refractivity contribution in [1.82, 2.24) is 0 Å². The fourth-order valence-corrected chi connectivity index (χ4v) is 6.86. The van der Waals surface area contributed by atoms with E-state index in [1.54, 1.807) is 6.08 Å². The third-order valence-corrected chi connectivity index (χ3v) is 10.6. The molecule has 0 saturated carbocycles. The highest BCUT2D eigenvalue weighted by Crippen LogP contribution is 2.43. The molecule has 12 heteroatoms. The van der Waals surface area contributed by atoms with Crippen LogP contribution in [-0.2, 0) is 37.5 Å².